The predicted molar refractivity (Wildman–Crippen MR) is 73.5 cm³/mol. The van der Waals surface area contributed by atoms with Crippen molar-refractivity contribution in [2.45, 2.75) is 5.54 Å². The highest BCUT2D eigenvalue weighted by Crippen LogP contribution is 2.47. The van der Waals surface area contributed by atoms with Gasteiger partial charge in [0.2, 0.25) is 0 Å². The minimum Gasteiger partial charge on any atom is -0.457 e. The first-order valence-corrected chi connectivity index (χ1v) is 6.21. The molecule has 1 heterocycles. The molecule has 0 aromatic heterocycles. The van der Waals surface area contributed by atoms with Crippen LogP contribution in [-0.2, 0) is 10.3 Å². The van der Waals surface area contributed by atoms with E-state index < -0.39 is 5.54 Å². The molecule has 0 saturated heterocycles. The van der Waals surface area contributed by atoms with Gasteiger partial charge in [0, 0.05) is 11.1 Å². The van der Waals surface area contributed by atoms with Crippen LogP contribution < -0.4 is 4.74 Å². The molecule has 1 aliphatic rings. The third-order valence-corrected chi connectivity index (χ3v) is 3.69. The quantitative estimate of drug-likeness (QED) is 0.771. The Morgan fingerprint density at radius 2 is 1.42 bits per heavy atom. The van der Waals surface area contributed by atoms with Crippen LogP contribution in [0.1, 0.15) is 11.1 Å². The highest BCUT2D eigenvalue weighted by atomic mass is 16.5. The predicted octanol–water partition coefficient (Wildman–Crippen LogP) is 2.80. The molecule has 0 aliphatic carbocycles. The molecule has 3 rings (SSSR count). The molecule has 0 radical (unpaired) electrons. The zero-order valence-corrected chi connectivity index (χ0v) is 11.0. The first kappa shape index (κ1) is 11.9. The number of carbonyl (C=O) groups is 1. The van der Waals surface area contributed by atoms with E-state index in [9.17, 15) is 4.79 Å². The van der Waals surface area contributed by atoms with Crippen LogP contribution in [0.5, 0.6) is 11.5 Å². The van der Waals surface area contributed by atoms with Crippen LogP contribution in [0.15, 0.2) is 48.5 Å². The Morgan fingerprint density at radius 3 is 1.84 bits per heavy atom. The lowest BCUT2D eigenvalue weighted by molar-refractivity contribution is -0.115. The summed E-state index contributed by atoms with van der Waals surface area (Å²) in [5.74, 6) is 1.48. The van der Waals surface area contributed by atoms with Gasteiger partial charge in [-0.2, -0.15) is 0 Å². The lowest BCUT2D eigenvalue weighted by atomic mass is 9.80. The summed E-state index contributed by atoms with van der Waals surface area (Å²) >= 11 is 0. The Hall–Kier alpha value is -2.13. The molecule has 3 nitrogen and oxygen atoms in total. The number of hydrogen-bond acceptors (Lipinski definition) is 3. The van der Waals surface area contributed by atoms with E-state index >= 15 is 0 Å². The van der Waals surface area contributed by atoms with Crippen LogP contribution in [0, 0.1) is 0 Å². The standard InChI is InChI=1S/C16H15NO2/c1-17(2)16(11-18)12-7-3-5-9-14(12)19-15-10-6-4-8-13(15)16/h3-11H,1-2H3. The van der Waals surface area contributed by atoms with E-state index in [1.54, 1.807) is 0 Å². The Kier molecular flexibility index (Phi) is 2.64. The summed E-state index contributed by atoms with van der Waals surface area (Å²) in [5, 5.41) is 0. The Balaban J connectivity index is 2.37. The molecule has 0 bridgehead atoms. The first-order chi connectivity index (χ1) is 9.20. The van der Waals surface area contributed by atoms with E-state index in [0.29, 0.717) is 0 Å². The summed E-state index contributed by atoms with van der Waals surface area (Å²) in [6.07, 6.45) is 0.993. The zero-order chi connectivity index (χ0) is 13.5. The van der Waals surface area contributed by atoms with Gasteiger partial charge in [-0.3, -0.25) is 4.90 Å². The van der Waals surface area contributed by atoms with Crippen molar-refractivity contribution in [3.8, 4) is 11.5 Å². The van der Waals surface area contributed by atoms with Crippen LogP contribution in [0.4, 0.5) is 0 Å². The molecule has 0 spiro atoms. The third kappa shape index (κ3) is 1.52. The number of benzene rings is 2. The molecule has 0 saturated carbocycles. The summed E-state index contributed by atoms with van der Waals surface area (Å²) in [6, 6.07) is 15.4. The van der Waals surface area contributed by atoms with E-state index in [1.807, 2.05) is 67.5 Å². The van der Waals surface area contributed by atoms with Gasteiger partial charge in [-0.15, -0.1) is 0 Å². The fraction of sp³-hybridized carbons (Fsp3) is 0.188. The molecule has 0 amide bonds. The number of hydrogen-bond donors (Lipinski definition) is 0. The van der Waals surface area contributed by atoms with Crippen molar-refractivity contribution in [1.29, 1.82) is 0 Å². The lowest BCUT2D eigenvalue weighted by Crippen LogP contribution is -2.45. The molecule has 2 aromatic carbocycles. The van der Waals surface area contributed by atoms with Crippen LogP contribution in [0.3, 0.4) is 0 Å². The second kappa shape index (κ2) is 4.21. The summed E-state index contributed by atoms with van der Waals surface area (Å²) in [4.78, 5) is 13.9. The van der Waals surface area contributed by atoms with Crippen molar-refractivity contribution in [3.05, 3.63) is 59.7 Å². The highest BCUT2D eigenvalue weighted by Gasteiger charge is 2.43. The minimum absolute atomic E-state index is 0.738. The number of carbonyl (C=O) groups excluding carboxylic acids is 1. The molecule has 19 heavy (non-hydrogen) atoms. The Labute approximate surface area is 112 Å². The smallest absolute Gasteiger partial charge is 0.149 e. The number of nitrogens with zero attached hydrogens (tertiary/aromatic N) is 1. The fourth-order valence-electron chi connectivity index (χ4n) is 2.72. The number of fused-ring (bicyclic) bond motifs is 2. The summed E-state index contributed by atoms with van der Waals surface area (Å²) in [5.41, 5.74) is 0.980. The normalized spacial score (nSPS) is 15.3. The van der Waals surface area contributed by atoms with Crippen molar-refractivity contribution in [3.63, 3.8) is 0 Å². The van der Waals surface area contributed by atoms with E-state index in [1.165, 1.54) is 0 Å². The Bertz CT molecular complexity index is 589. The molecule has 0 N–H and O–H groups in total. The topological polar surface area (TPSA) is 29.5 Å². The number of ether oxygens (including phenoxy) is 1. The van der Waals surface area contributed by atoms with Gasteiger partial charge in [0.15, 0.2) is 0 Å². The van der Waals surface area contributed by atoms with Crippen molar-refractivity contribution in [1.82, 2.24) is 4.90 Å². The molecule has 0 unspecified atom stereocenters. The van der Waals surface area contributed by atoms with Gasteiger partial charge < -0.3 is 9.53 Å². The van der Waals surface area contributed by atoms with E-state index in [2.05, 4.69) is 0 Å². The van der Waals surface area contributed by atoms with Gasteiger partial charge in [0.1, 0.15) is 23.3 Å². The maximum atomic E-state index is 12.0. The highest BCUT2D eigenvalue weighted by molar-refractivity contribution is 5.79. The van der Waals surface area contributed by atoms with Gasteiger partial charge >= 0.3 is 0 Å². The summed E-state index contributed by atoms with van der Waals surface area (Å²) in [6.45, 7) is 0. The van der Waals surface area contributed by atoms with Crippen LogP contribution in [0.25, 0.3) is 0 Å². The Morgan fingerprint density at radius 1 is 0.947 bits per heavy atom. The van der Waals surface area contributed by atoms with Crippen molar-refractivity contribution >= 4 is 6.29 Å². The SMILES string of the molecule is CN(C)C1(C=O)c2ccccc2Oc2ccccc21. The molecule has 2 aromatic rings. The van der Waals surface area contributed by atoms with Crippen LogP contribution >= 0.6 is 0 Å². The van der Waals surface area contributed by atoms with Gasteiger partial charge in [-0.05, 0) is 26.2 Å². The zero-order valence-electron chi connectivity index (χ0n) is 11.0. The van der Waals surface area contributed by atoms with Crippen LogP contribution in [0.2, 0.25) is 0 Å². The number of likely N-dealkylation sites (N-methyl/N-ethyl adjacent to an activating group) is 1. The molecule has 96 valence electrons. The van der Waals surface area contributed by atoms with Gasteiger partial charge in [0.05, 0.1) is 0 Å². The number of rotatable bonds is 2. The molecule has 0 atom stereocenters. The average Bonchev–Trinajstić information content (AvgIpc) is 2.44. The average molecular weight is 253 g/mol. The molecular weight excluding hydrogens is 238 g/mol. The van der Waals surface area contributed by atoms with E-state index in [4.69, 9.17) is 4.74 Å². The summed E-state index contributed by atoms with van der Waals surface area (Å²) < 4.78 is 5.90. The number of aldehydes is 1. The van der Waals surface area contributed by atoms with Crippen LogP contribution in [-0.4, -0.2) is 25.3 Å². The van der Waals surface area contributed by atoms with Crippen molar-refractivity contribution in [2.75, 3.05) is 14.1 Å². The van der Waals surface area contributed by atoms with E-state index in [0.717, 1.165) is 28.9 Å². The largest absolute Gasteiger partial charge is 0.457 e. The monoisotopic (exact) mass is 253 g/mol. The fourth-order valence-corrected chi connectivity index (χ4v) is 2.72. The van der Waals surface area contributed by atoms with Gasteiger partial charge in [-0.1, -0.05) is 36.4 Å². The second-order valence-electron chi connectivity index (χ2n) is 4.87. The second-order valence-corrected chi connectivity index (χ2v) is 4.87. The van der Waals surface area contributed by atoms with Gasteiger partial charge in [-0.25, -0.2) is 0 Å². The molecule has 1 aliphatic heterocycles. The lowest BCUT2D eigenvalue weighted by Gasteiger charge is -2.40. The minimum atomic E-state index is -0.786. The van der Waals surface area contributed by atoms with Gasteiger partial charge in [0.25, 0.3) is 0 Å². The van der Waals surface area contributed by atoms with E-state index in [-0.39, 0.29) is 0 Å². The number of para-hydroxylation sites is 2. The molecular formula is C16H15NO2. The maximum Gasteiger partial charge on any atom is 0.149 e. The first-order valence-electron chi connectivity index (χ1n) is 6.21. The van der Waals surface area contributed by atoms with Crippen molar-refractivity contribution in [2.24, 2.45) is 0 Å². The molecule has 3 heteroatoms. The molecule has 0 fully saturated rings. The van der Waals surface area contributed by atoms with Crippen molar-refractivity contribution < 1.29 is 9.53 Å². The third-order valence-electron chi connectivity index (χ3n) is 3.69. The maximum absolute atomic E-state index is 12.0. The summed E-state index contributed by atoms with van der Waals surface area (Å²) in [7, 11) is 3.82.